The van der Waals surface area contributed by atoms with Crippen LogP contribution in [-0.2, 0) is 0 Å². The van der Waals surface area contributed by atoms with Crippen LogP contribution in [0.5, 0.6) is 0 Å². The summed E-state index contributed by atoms with van der Waals surface area (Å²) >= 11 is 0. The third kappa shape index (κ3) is 2.11. The Morgan fingerprint density at radius 3 is 2.22 bits per heavy atom. The van der Waals surface area contributed by atoms with Crippen molar-refractivity contribution in [3.63, 3.8) is 0 Å². The van der Waals surface area contributed by atoms with Crippen molar-refractivity contribution in [2.75, 3.05) is 0 Å². The first-order chi connectivity index (χ1) is 10.6. The van der Waals surface area contributed by atoms with E-state index >= 15 is 0 Å². The van der Waals surface area contributed by atoms with Gasteiger partial charge in [-0.3, -0.25) is 0 Å². The molecule has 0 amide bonds. The Kier molecular flexibility index (Phi) is 3.67. The van der Waals surface area contributed by atoms with Gasteiger partial charge in [-0.25, -0.2) is 0 Å². The highest BCUT2D eigenvalue weighted by Gasteiger charge is 2.55. The smallest absolute Gasteiger partial charge is 0.104 e. The second-order valence-corrected chi connectivity index (χ2v) is 9.38. The predicted octanol–water partition coefficient (Wildman–Crippen LogP) is 6.73. The highest BCUT2D eigenvalue weighted by atomic mass is 16.3. The fourth-order valence-electron chi connectivity index (χ4n) is 5.96. The van der Waals surface area contributed by atoms with Gasteiger partial charge in [0.05, 0.1) is 0 Å². The summed E-state index contributed by atoms with van der Waals surface area (Å²) in [4.78, 5) is 0. The molecule has 1 fully saturated rings. The molecule has 0 saturated heterocycles. The molecule has 3 rings (SSSR count). The fourth-order valence-corrected chi connectivity index (χ4v) is 5.96. The monoisotopic (exact) mass is 314 g/mol. The number of aliphatic hydroxyl groups excluding tert-OH is 1. The average molecular weight is 315 g/mol. The van der Waals surface area contributed by atoms with E-state index in [2.05, 4.69) is 54.5 Å². The largest absolute Gasteiger partial charge is 0.511 e. The highest BCUT2D eigenvalue weighted by Crippen LogP contribution is 2.65. The summed E-state index contributed by atoms with van der Waals surface area (Å²) in [6, 6.07) is 0. The molecule has 0 spiro atoms. The van der Waals surface area contributed by atoms with E-state index in [1.54, 1.807) is 5.57 Å². The number of rotatable bonds is 3. The minimum atomic E-state index is 0.0819. The maximum absolute atomic E-state index is 11.4. The molecular formula is C22H34O. The zero-order chi connectivity index (χ0) is 17.2. The highest BCUT2D eigenvalue weighted by molar-refractivity contribution is 5.59. The van der Waals surface area contributed by atoms with Crippen molar-refractivity contribution in [3.8, 4) is 0 Å². The second kappa shape index (κ2) is 5.01. The molecule has 1 unspecified atom stereocenters. The van der Waals surface area contributed by atoms with Crippen molar-refractivity contribution < 1.29 is 5.11 Å². The first-order valence-electron chi connectivity index (χ1n) is 9.51. The number of hydrogen-bond acceptors (Lipinski definition) is 1. The van der Waals surface area contributed by atoms with E-state index in [0.717, 1.165) is 12.8 Å². The molecule has 1 atom stereocenters. The van der Waals surface area contributed by atoms with Gasteiger partial charge in [0, 0.05) is 5.92 Å². The van der Waals surface area contributed by atoms with Gasteiger partial charge in [0.25, 0.3) is 0 Å². The number of hydrogen-bond donors (Lipinski definition) is 1. The van der Waals surface area contributed by atoms with E-state index in [1.807, 2.05) is 0 Å². The average Bonchev–Trinajstić information content (AvgIpc) is 2.88. The quantitative estimate of drug-likeness (QED) is 0.612. The van der Waals surface area contributed by atoms with Crippen LogP contribution in [0.25, 0.3) is 0 Å². The van der Waals surface area contributed by atoms with Crippen LogP contribution in [-0.4, -0.2) is 5.11 Å². The number of aliphatic hydroxyl groups is 1. The van der Waals surface area contributed by atoms with Crippen LogP contribution in [0.15, 0.2) is 34.1 Å². The Morgan fingerprint density at radius 2 is 1.70 bits per heavy atom. The maximum atomic E-state index is 11.4. The van der Waals surface area contributed by atoms with Gasteiger partial charge < -0.3 is 5.11 Å². The lowest BCUT2D eigenvalue weighted by molar-refractivity contribution is 0.219. The topological polar surface area (TPSA) is 20.2 Å². The third-order valence-electron chi connectivity index (χ3n) is 7.08. The van der Waals surface area contributed by atoms with E-state index in [4.69, 9.17) is 0 Å². The predicted molar refractivity (Wildman–Crippen MR) is 98.4 cm³/mol. The van der Waals surface area contributed by atoms with Crippen molar-refractivity contribution >= 4 is 0 Å². The van der Waals surface area contributed by atoms with Gasteiger partial charge in [0.2, 0.25) is 0 Å². The Balaban J connectivity index is 2.27. The molecule has 0 aromatic heterocycles. The van der Waals surface area contributed by atoms with E-state index in [0.29, 0.717) is 5.76 Å². The molecule has 0 aliphatic heterocycles. The van der Waals surface area contributed by atoms with E-state index in [9.17, 15) is 5.11 Å². The minimum Gasteiger partial charge on any atom is -0.511 e. The standard InChI is InChI=1S/C22H34O/c1-8-14-12-20(4,5)17-15(14)11-16-18(19(17)23)21(6,7)13-22(16,9-2)10-3/h11,17,23H,8-10,12-13H2,1-7H3. The first-order valence-corrected chi connectivity index (χ1v) is 9.51. The van der Waals surface area contributed by atoms with E-state index in [1.165, 1.54) is 36.0 Å². The van der Waals surface area contributed by atoms with Crippen molar-refractivity contribution in [1.82, 2.24) is 0 Å². The summed E-state index contributed by atoms with van der Waals surface area (Å²) < 4.78 is 0. The van der Waals surface area contributed by atoms with Gasteiger partial charge in [0.15, 0.2) is 0 Å². The zero-order valence-corrected chi connectivity index (χ0v) is 16.1. The molecule has 1 N–H and O–H groups in total. The van der Waals surface area contributed by atoms with Crippen LogP contribution in [0.2, 0.25) is 0 Å². The molecule has 23 heavy (non-hydrogen) atoms. The van der Waals surface area contributed by atoms with E-state index in [-0.39, 0.29) is 22.2 Å². The molecule has 1 nitrogen and oxygen atoms in total. The molecule has 0 aromatic carbocycles. The molecule has 1 saturated carbocycles. The Labute approximate surface area is 142 Å². The lowest BCUT2D eigenvalue weighted by atomic mass is 9.69. The molecule has 0 bridgehead atoms. The van der Waals surface area contributed by atoms with Gasteiger partial charge in [-0.15, -0.1) is 0 Å². The van der Waals surface area contributed by atoms with Crippen molar-refractivity contribution in [3.05, 3.63) is 34.1 Å². The van der Waals surface area contributed by atoms with Crippen molar-refractivity contribution in [2.24, 2.45) is 22.2 Å². The zero-order valence-electron chi connectivity index (χ0n) is 16.1. The lowest BCUT2D eigenvalue weighted by Crippen LogP contribution is -2.28. The third-order valence-corrected chi connectivity index (χ3v) is 7.08. The molecule has 3 aliphatic carbocycles. The number of fused-ring (bicyclic) bond motifs is 2. The van der Waals surface area contributed by atoms with Gasteiger partial charge >= 0.3 is 0 Å². The summed E-state index contributed by atoms with van der Waals surface area (Å²) in [5, 5.41) is 11.4. The molecule has 0 aromatic rings. The van der Waals surface area contributed by atoms with Crippen LogP contribution in [0.3, 0.4) is 0 Å². The minimum absolute atomic E-state index is 0.0819. The van der Waals surface area contributed by atoms with Crippen LogP contribution in [0, 0.1) is 22.2 Å². The van der Waals surface area contributed by atoms with Gasteiger partial charge in [-0.1, -0.05) is 60.1 Å². The van der Waals surface area contributed by atoms with Crippen molar-refractivity contribution in [1.29, 1.82) is 0 Å². The molecule has 0 heterocycles. The summed E-state index contributed by atoms with van der Waals surface area (Å²) in [7, 11) is 0. The van der Waals surface area contributed by atoms with Gasteiger partial charge in [-0.2, -0.15) is 0 Å². The molecule has 0 radical (unpaired) electrons. The normalized spacial score (nSPS) is 30.4. The molecular weight excluding hydrogens is 280 g/mol. The summed E-state index contributed by atoms with van der Waals surface area (Å²) in [5.41, 5.74) is 6.20. The van der Waals surface area contributed by atoms with E-state index < -0.39 is 0 Å². The lowest BCUT2D eigenvalue weighted by Gasteiger charge is -2.36. The van der Waals surface area contributed by atoms with Crippen LogP contribution in [0.1, 0.15) is 80.6 Å². The summed E-state index contributed by atoms with van der Waals surface area (Å²) in [5.74, 6) is 0.903. The molecule has 128 valence electrons. The maximum Gasteiger partial charge on any atom is 0.104 e. The van der Waals surface area contributed by atoms with Crippen LogP contribution in [0.4, 0.5) is 0 Å². The summed E-state index contributed by atoms with van der Waals surface area (Å²) in [6.45, 7) is 16.2. The molecule has 1 heteroatoms. The second-order valence-electron chi connectivity index (χ2n) is 9.38. The van der Waals surface area contributed by atoms with Crippen LogP contribution >= 0.6 is 0 Å². The van der Waals surface area contributed by atoms with Crippen LogP contribution < -0.4 is 0 Å². The Bertz CT molecular complexity index is 620. The van der Waals surface area contributed by atoms with Gasteiger partial charge in [-0.05, 0) is 65.1 Å². The summed E-state index contributed by atoms with van der Waals surface area (Å²) in [6.07, 6.45) is 8.23. The van der Waals surface area contributed by atoms with Gasteiger partial charge in [0.1, 0.15) is 5.76 Å². The molecule has 3 aliphatic rings. The van der Waals surface area contributed by atoms with Crippen molar-refractivity contribution in [2.45, 2.75) is 80.6 Å². The number of allylic oxidation sites excluding steroid dienone is 5. The first kappa shape index (κ1) is 16.9. The fraction of sp³-hybridized carbons (Fsp3) is 0.727. The SMILES string of the molecule is CCC1=C2C=C3C(=C(O)C2C(C)(C)C1)C(C)(C)CC3(CC)CC. The Hall–Kier alpha value is -0.980. The Morgan fingerprint density at radius 1 is 1.09 bits per heavy atom.